The fourth-order valence-electron chi connectivity index (χ4n) is 8.12. The van der Waals surface area contributed by atoms with E-state index < -0.39 is 48.5 Å². The minimum Gasteiger partial charge on any atom is -0.482 e. The van der Waals surface area contributed by atoms with Crippen LogP contribution < -0.4 is 15.8 Å². The molecule has 6 N–H and O–H groups in total. The number of ketones is 2. The first-order chi connectivity index (χ1) is 28.4. The van der Waals surface area contributed by atoms with Crippen LogP contribution in [-0.4, -0.2) is 102 Å². The number of rotatable bonds is 17. The van der Waals surface area contributed by atoms with E-state index in [0.29, 0.717) is 40.7 Å². The van der Waals surface area contributed by atoms with Gasteiger partial charge in [-0.2, -0.15) is 0 Å². The highest BCUT2D eigenvalue weighted by Gasteiger charge is 2.48. The maximum atomic E-state index is 13.3. The van der Waals surface area contributed by atoms with Crippen molar-refractivity contribution in [3.63, 3.8) is 0 Å². The molecule has 16 nitrogen and oxygen atoms in total. The lowest BCUT2D eigenvalue weighted by Gasteiger charge is -2.27. The summed E-state index contributed by atoms with van der Waals surface area (Å²) >= 11 is 6.34. The van der Waals surface area contributed by atoms with Gasteiger partial charge in [0.25, 0.3) is 17.7 Å². The van der Waals surface area contributed by atoms with Gasteiger partial charge < -0.3 is 40.4 Å². The van der Waals surface area contributed by atoms with Gasteiger partial charge in [0, 0.05) is 19.2 Å². The minimum atomic E-state index is -1.45. The van der Waals surface area contributed by atoms with Crippen molar-refractivity contribution >= 4 is 57.7 Å². The quantitative estimate of drug-likeness (QED) is 0.0580. The Balaban J connectivity index is 0.790. The Morgan fingerprint density at radius 1 is 0.983 bits per heavy atom. The zero-order chi connectivity index (χ0) is 41.8. The second-order valence-electron chi connectivity index (χ2n) is 15.2. The van der Waals surface area contributed by atoms with E-state index in [4.69, 9.17) is 26.8 Å². The zero-order valence-electron chi connectivity index (χ0n) is 32.3. The van der Waals surface area contributed by atoms with E-state index in [1.54, 1.807) is 24.4 Å². The summed E-state index contributed by atoms with van der Waals surface area (Å²) in [4.78, 5) is 72.4. The van der Waals surface area contributed by atoms with Crippen LogP contribution in [0.15, 0.2) is 55.0 Å². The number of carbonyl (C=O) groups excluding carboxylic acids is 5. The number of ether oxygens (including phenoxy) is 2. The molecule has 1 aliphatic carbocycles. The van der Waals surface area contributed by atoms with E-state index in [-0.39, 0.29) is 59.9 Å². The molecule has 4 heterocycles. The molecule has 2 fully saturated rings. The number of aryl methyl sites for hydroxylation is 1. The van der Waals surface area contributed by atoms with Crippen LogP contribution in [-0.2, 0) is 25.5 Å². The molecular weight excluding hydrogens is 784 g/mol. The largest absolute Gasteiger partial charge is 0.482 e. The molecule has 4 aromatic rings. The number of nitrogens with one attached hydrogen (secondary N) is 1. The molecule has 312 valence electrons. The summed E-state index contributed by atoms with van der Waals surface area (Å²) in [6.07, 6.45) is 3.61. The number of anilines is 1. The molecule has 7 rings (SSSR count). The molecule has 2 aliphatic heterocycles. The topological polar surface area (TPSA) is 236 Å². The van der Waals surface area contributed by atoms with Crippen LogP contribution in [0.2, 0.25) is 5.02 Å². The Labute approximate surface area is 344 Å². The number of amides is 3. The van der Waals surface area contributed by atoms with Crippen LogP contribution in [0.25, 0.3) is 11.0 Å². The molecule has 6 atom stereocenters. The molecule has 1 saturated heterocycles. The van der Waals surface area contributed by atoms with E-state index in [2.05, 4.69) is 15.3 Å². The lowest BCUT2D eigenvalue weighted by Crippen LogP contribution is -2.47. The monoisotopic (exact) mass is 830 g/mol. The molecule has 2 aromatic heterocycles. The number of nitrogen functional groups attached to an aromatic ring is 1. The van der Waals surface area contributed by atoms with E-state index in [9.17, 15) is 39.3 Å². The van der Waals surface area contributed by atoms with Crippen molar-refractivity contribution < 1.29 is 48.8 Å². The van der Waals surface area contributed by atoms with Gasteiger partial charge in [0.05, 0.1) is 34.0 Å². The van der Waals surface area contributed by atoms with Crippen LogP contribution in [0.4, 0.5) is 5.82 Å². The van der Waals surface area contributed by atoms with Gasteiger partial charge >= 0.3 is 0 Å². The first-order valence-electron chi connectivity index (χ1n) is 19.9. The van der Waals surface area contributed by atoms with Gasteiger partial charge in [0.2, 0.25) is 0 Å². The standard InChI is InChI=1S/C42H47ClN6O10/c43-28-14-12-24(34(53)37-35(54)36(55)42(59-37)48-18-16-27-38(44)46-22-47-39(27)48)19-31(28)58-21-32(52)45-17-7-5-3-1-2-4-6-9-23-10-8-11-26-33(23)41(57)49(40(26)56)29-15-13-25(50)20-30(29)51/h8,10-12,14,16,18-19,22,29,34-37,42,53-55H,1-7,9,13,15,17,20-21H2,(H,45,52)(H2,44,46,47)/t29?,34-,35+,36-,37-,42-/m1/s1. The molecular formula is C42H47ClN6O10. The number of carbonyl (C=O) groups is 5. The highest BCUT2D eigenvalue weighted by atomic mass is 35.5. The third-order valence-electron chi connectivity index (χ3n) is 11.3. The summed E-state index contributed by atoms with van der Waals surface area (Å²) in [6.45, 7) is 0.159. The number of fused-ring (bicyclic) bond motifs is 2. The number of hydrogen-bond acceptors (Lipinski definition) is 13. The highest BCUT2D eigenvalue weighted by Crippen LogP contribution is 2.39. The van der Waals surface area contributed by atoms with E-state index >= 15 is 0 Å². The first-order valence-corrected chi connectivity index (χ1v) is 20.3. The summed E-state index contributed by atoms with van der Waals surface area (Å²) in [7, 11) is 0. The Morgan fingerprint density at radius 2 is 1.75 bits per heavy atom. The van der Waals surface area contributed by atoms with E-state index in [1.807, 2.05) is 6.07 Å². The van der Waals surface area contributed by atoms with Gasteiger partial charge in [-0.25, -0.2) is 9.97 Å². The van der Waals surface area contributed by atoms with Crippen molar-refractivity contribution in [2.24, 2.45) is 0 Å². The van der Waals surface area contributed by atoms with Crippen molar-refractivity contribution in [2.75, 3.05) is 18.9 Å². The number of halogens is 1. The van der Waals surface area contributed by atoms with Gasteiger partial charge in [-0.15, -0.1) is 0 Å². The second-order valence-corrected chi connectivity index (χ2v) is 15.7. The molecule has 0 bridgehead atoms. The molecule has 1 unspecified atom stereocenters. The van der Waals surface area contributed by atoms with Crippen molar-refractivity contribution in [2.45, 2.75) is 107 Å². The van der Waals surface area contributed by atoms with Crippen LogP contribution in [0.1, 0.15) is 108 Å². The highest BCUT2D eigenvalue weighted by molar-refractivity contribution is 6.32. The normalized spacial score (nSPS) is 22.3. The van der Waals surface area contributed by atoms with Crippen LogP contribution in [0, 0.1) is 0 Å². The molecule has 59 heavy (non-hydrogen) atoms. The summed E-state index contributed by atoms with van der Waals surface area (Å²) in [5, 5.41) is 36.5. The fourth-order valence-corrected chi connectivity index (χ4v) is 8.29. The first kappa shape index (κ1) is 41.9. The van der Waals surface area contributed by atoms with Gasteiger partial charge in [0.15, 0.2) is 18.6 Å². The number of benzene rings is 2. The summed E-state index contributed by atoms with van der Waals surface area (Å²) in [6, 6.07) is 10.5. The van der Waals surface area contributed by atoms with Gasteiger partial charge in [-0.3, -0.25) is 28.9 Å². The van der Waals surface area contributed by atoms with E-state index in [0.717, 1.165) is 55.4 Å². The molecule has 2 aromatic carbocycles. The number of hydrogen-bond donors (Lipinski definition) is 5. The van der Waals surface area contributed by atoms with Gasteiger partial charge in [0.1, 0.15) is 53.7 Å². The SMILES string of the molecule is Nc1ncnc2c1ccn2[C@@H]1O[C@H]([C@H](O)c2ccc(Cl)c(OCC(=O)NCCCCCCCCCc3cccc4c3C(=O)N(C3CCC(=O)CC3=O)C4=O)c2)[C@@H](O)[C@H]1O. The third-order valence-corrected chi connectivity index (χ3v) is 11.6. The number of Topliss-reactive ketones (excluding diaryl/α,β-unsaturated/α-hetero) is 2. The number of unbranched alkanes of at least 4 members (excludes halogenated alkanes) is 6. The maximum absolute atomic E-state index is 13.3. The van der Waals surface area contributed by atoms with Crippen molar-refractivity contribution in [1.82, 2.24) is 24.8 Å². The molecule has 0 radical (unpaired) electrons. The van der Waals surface area contributed by atoms with Crippen molar-refractivity contribution in [3.8, 4) is 5.75 Å². The van der Waals surface area contributed by atoms with Gasteiger partial charge in [-0.05, 0) is 61.1 Å². The Kier molecular flexibility index (Phi) is 13.0. The fraction of sp³-hybridized carbons (Fsp3) is 0.452. The zero-order valence-corrected chi connectivity index (χ0v) is 33.1. The predicted octanol–water partition coefficient (Wildman–Crippen LogP) is 3.77. The average molecular weight is 831 g/mol. The number of aromatic nitrogens is 3. The third kappa shape index (κ3) is 8.87. The van der Waals surface area contributed by atoms with Crippen LogP contribution in [0.5, 0.6) is 5.75 Å². The number of imide groups is 1. The van der Waals surface area contributed by atoms with Crippen LogP contribution >= 0.6 is 11.6 Å². The molecule has 0 spiro atoms. The van der Waals surface area contributed by atoms with Crippen LogP contribution in [0.3, 0.4) is 0 Å². The second kappa shape index (κ2) is 18.3. The predicted molar refractivity (Wildman–Crippen MR) is 213 cm³/mol. The summed E-state index contributed by atoms with van der Waals surface area (Å²) < 4.78 is 13.2. The van der Waals surface area contributed by atoms with Crippen molar-refractivity contribution in [3.05, 3.63) is 82.3 Å². The summed E-state index contributed by atoms with van der Waals surface area (Å²) in [5.41, 5.74) is 8.12. The Morgan fingerprint density at radius 3 is 2.53 bits per heavy atom. The number of aliphatic hydroxyl groups excluding tert-OH is 3. The van der Waals surface area contributed by atoms with Crippen molar-refractivity contribution in [1.29, 1.82) is 0 Å². The Bertz CT molecular complexity index is 2250. The Hall–Kier alpha value is -5.26. The van der Waals surface area contributed by atoms with Gasteiger partial charge in [-0.1, -0.05) is 61.9 Å². The maximum Gasteiger partial charge on any atom is 0.262 e. The van der Waals surface area contributed by atoms with E-state index in [1.165, 1.54) is 29.1 Å². The minimum absolute atomic E-state index is 0.153. The lowest BCUT2D eigenvalue weighted by molar-refractivity contribution is -0.132. The lowest BCUT2D eigenvalue weighted by atomic mass is 9.92. The number of nitrogens with zero attached hydrogens (tertiary/aromatic N) is 4. The molecule has 3 amide bonds. The average Bonchev–Trinajstić information content (AvgIpc) is 3.86. The molecule has 17 heteroatoms. The molecule has 1 saturated carbocycles. The summed E-state index contributed by atoms with van der Waals surface area (Å²) in [5.74, 6) is -1.38. The number of aliphatic hydroxyl groups is 3. The smallest absolute Gasteiger partial charge is 0.262 e. The number of nitrogens with two attached hydrogens (primary N) is 1. The molecule has 3 aliphatic rings.